The molecule has 3 N–H and O–H groups in total. The molecule has 2 fully saturated rings. The Labute approximate surface area is 132 Å². The Morgan fingerprint density at radius 2 is 2.30 bits per heavy atom. The number of halogens is 1. The molecule has 1 amide bonds. The van der Waals surface area contributed by atoms with Crippen molar-refractivity contribution in [3.8, 4) is 0 Å². The van der Waals surface area contributed by atoms with Gasteiger partial charge < -0.3 is 15.7 Å². The Morgan fingerprint density at radius 1 is 1.50 bits per heavy atom. The zero-order chi connectivity index (χ0) is 13.7. The molecule has 0 spiro atoms. The quantitative estimate of drug-likeness (QED) is 0.735. The number of hydrogen-bond donors (Lipinski definition) is 3. The average molecular weight is 323 g/mol. The fourth-order valence-corrected chi connectivity index (χ4v) is 3.88. The normalized spacial score (nSPS) is 34.1. The van der Waals surface area contributed by atoms with E-state index in [0.29, 0.717) is 19.0 Å². The Morgan fingerprint density at radius 3 is 2.95 bits per heavy atom. The van der Waals surface area contributed by atoms with Crippen LogP contribution in [0.1, 0.15) is 39.0 Å². The first-order chi connectivity index (χ1) is 9.10. The highest BCUT2D eigenvalue weighted by Gasteiger charge is 2.35. The molecular formula is C14H27ClN2O2S. The zero-order valence-corrected chi connectivity index (χ0v) is 13.8. The van der Waals surface area contributed by atoms with E-state index in [1.807, 2.05) is 11.8 Å². The van der Waals surface area contributed by atoms with E-state index in [-0.39, 0.29) is 29.8 Å². The van der Waals surface area contributed by atoms with Crippen LogP contribution >= 0.6 is 24.2 Å². The molecule has 6 heteroatoms. The van der Waals surface area contributed by atoms with Gasteiger partial charge in [0.05, 0.1) is 6.10 Å². The summed E-state index contributed by atoms with van der Waals surface area (Å²) in [4.78, 5) is 12.0. The first-order valence-corrected chi connectivity index (χ1v) is 8.51. The fraction of sp³-hybridized carbons (Fsp3) is 0.929. The molecule has 0 bridgehead atoms. The molecule has 0 radical (unpaired) electrons. The van der Waals surface area contributed by atoms with Gasteiger partial charge in [0.1, 0.15) is 0 Å². The summed E-state index contributed by atoms with van der Waals surface area (Å²) in [6.45, 7) is 3.69. The minimum atomic E-state index is -0.273. The summed E-state index contributed by atoms with van der Waals surface area (Å²) in [6.07, 6.45) is 4.42. The summed E-state index contributed by atoms with van der Waals surface area (Å²) in [5.74, 6) is 2.27. The minimum absolute atomic E-state index is 0. The summed E-state index contributed by atoms with van der Waals surface area (Å²) >= 11 is 1.91. The number of nitrogens with one attached hydrogen (secondary N) is 2. The second kappa shape index (κ2) is 8.47. The highest BCUT2D eigenvalue weighted by atomic mass is 35.5. The molecule has 3 atom stereocenters. The molecule has 2 rings (SSSR count). The summed E-state index contributed by atoms with van der Waals surface area (Å²) < 4.78 is 0. The topological polar surface area (TPSA) is 61.4 Å². The molecule has 1 aliphatic carbocycles. The van der Waals surface area contributed by atoms with Gasteiger partial charge in [-0.15, -0.1) is 12.4 Å². The van der Waals surface area contributed by atoms with Gasteiger partial charge in [0, 0.05) is 42.5 Å². The van der Waals surface area contributed by atoms with Crippen molar-refractivity contribution in [2.75, 3.05) is 24.6 Å². The van der Waals surface area contributed by atoms with Crippen LogP contribution in [0.15, 0.2) is 0 Å². The Kier molecular flexibility index (Phi) is 7.65. The number of rotatable bonds is 4. The van der Waals surface area contributed by atoms with Crippen LogP contribution in [-0.4, -0.2) is 47.8 Å². The molecule has 3 unspecified atom stereocenters. The van der Waals surface area contributed by atoms with Crippen LogP contribution in [0.2, 0.25) is 0 Å². The third-order valence-corrected chi connectivity index (χ3v) is 5.53. The highest BCUT2D eigenvalue weighted by Crippen LogP contribution is 2.35. The van der Waals surface area contributed by atoms with Crippen LogP contribution in [0.4, 0.5) is 0 Å². The molecule has 0 aromatic carbocycles. The SMILES string of the molecule is CC1(CNC(=O)CC2CSCCN2)CCCCC1O.Cl. The summed E-state index contributed by atoms with van der Waals surface area (Å²) in [5, 5.41) is 16.5. The lowest BCUT2D eigenvalue weighted by molar-refractivity contribution is -0.122. The third-order valence-electron chi connectivity index (χ3n) is 4.40. The van der Waals surface area contributed by atoms with Crippen LogP contribution < -0.4 is 10.6 Å². The van der Waals surface area contributed by atoms with Gasteiger partial charge in [-0.25, -0.2) is 0 Å². The van der Waals surface area contributed by atoms with Gasteiger partial charge in [0.15, 0.2) is 0 Å². The third kappa shape index (κ3) is 5.10. The summed E-state index contributed by atoms with van der Waals surface area (Å²) in [6, 6.07) is 0.308. The van der Waals surface area contributed by atoms with Crippen molar-refractivity contribution in [2.24, 2.45) is 5.41 Å². The number of hydrogen-bond acceptors (Lipinski definition) is 4. The van der Waals surface area contributed by atoms with Crippen molar-refractivity contribution >= 4 is 30.1 Å². The summed E-state index contributed by atoms with van der Waals surface area (Å²) in [5.41, 5.74) is -0.136. The molecule has 1 heterocycles. The van der Waals surface area contributed by atoms with E-state index < -0.39 is 0 Å². The molecule has 2 aliphatic rings. The number of aliphatic hydroxyl groups is 1. The van der Waals surface area contributed by atoms with E-state index in [9.17, 15) is 9.90 Å². The van der Waals surface area contributed by atoms with E-state index in [4.69, 9.17) is 0 Å². The predicted octanol–water partition coefficient (Wildman–Crippen LogP) is 1.56. The molecule has 1 saturated heterocycles. The van der Waals surface area contributed by atoms with Crippen LogP contribution in [-0.2, 0) is 4.79 Å². The molecular weight excluding hydrogens is 296 g/mol. The second-order valence-electron chi connectivity index (χ2n) is 6.12. The lowest BCUT2D eigenvalue weighted by Crippen LogP contribution is -2.47. The maximum absolute atomic E-state index is 12.0. The molecule has 118 valence electrons. The van der Waals surface area contributed by atoms with E-state index in [1.54, 1.807) is 0 Å². The van der Waals surface area contributed by atoms with Crippen molar-refractivity contribution in [3.63, 3.8) is 0 Å². The van der Waals surface area contributed by atoms with Gasteiger partial charge in [-0.3, -0.25) is 4.79 Å². The number of carbonyl (C=O) groups excluding carboxylic acids is 1. The van der Waals surface area contributed by atoms with Crippen molar-refractivity contribution < 1.29 is 9.90 Å². The lowest BCUT2D eigenvalue weighted by atomic mass is 9.73. The van der Waals surface area contributed by atoms with Crippen LogP contribution in [0.25, 0.3) is 0 Å². The number of aliphatic hydroxyl groups excluding tert-OH is 1. The average Bonchev–Trinajstić information content (AvgIpc) is 2.41. The van der Waals surface area contributed by atoms with Crippen LogP contribution in [0.5, 0.6) is 0 Å². The highest BCUT2D eigenvalue weighted by molar-refractivity contribution is 7.99. The molecule has 0 aromatic rings. The van der Waals surface area contributed by atoms with Gasteiger partial charge in [-0.05, 0) is 12.8 Å². The largest absolute Gasteiger partial charge is 0.392 e. The van der Waals surface area contributed by atoms with Gasteiger partial charge in [0.25, 0.3) is 0 Å². The second-order valence-corrected chi connectivity index (χ2v) is 7.27. The number of thioether (sulfide) groups is 1. The van der Waals surface area contributed by atoms with Crippen molar-refractivity contribution in [1.29, 1.82) is 0 Å². The lowest BCUT2D eigenvalue weighted by Gasteiger charge is -2.38. The van der Waals surface area contributed by atoms with Gasteiger partial charge in [-0.1, -0.05) is 19.8 Å². The minimum Gasteiger partial charge on any atom is -0.392 e. The van der Waals surface area contributed by atoms with E-state index >= 15 is 0 Å². The van der Waals surface area contributed by atoms with Gasteiger partial charge in [0.2, 0.25) is 5.91 Å². The first-order valence-electron chi connectivity index (χ1n) is 7.36. The van der Waals surface area contributed by atoms with Crippen molar-refractivity contribution in [2.45, 2.75) is 51.2 Å². The molecule has 4 nitrogen and oxygen atoms in total. The Hall–Kier alpha value is 0.0300. The van der Waals surface area contributed by atoms with Gasteiger partial charge >= 0.3 is 0 Å². The molecule has 1 saturated carbocycles. The van der Waals surface area contributed by atoms with Crippen LogP contribution in [0, 0.1) is 5.41 Å². The van der Waals surface area contributed by atoms with Crippen LogP contribution in [0.3, 0.4) is 0 Å². The monoisotopic (exact) mass is 322 g/mol. The molecule has 1 aliphatic heterocycles. The maximum atomic E-state index is 12.0. The Balaban J connectivity index is 0.00000200. The number of carbonyl (C=O) groups is 1. The summed E-state index contributed by atoms with van der Waals surface area (Å²) in [7, 11) is 0. The van der Waals surface area contributed by atoms with E-state index in [1.165, 1.54) is 0 Å². The molecule has 0 aromatic heterocycles. The smallest absolute Gasteiger partial charge is 0.221 e. The first kappa shape index (κ1) is 18.1. The zero-order valence-electron chi connectivity index (χ0n) is 12.2. The predicted molar refractivity (Wildman–Crippen MR) is 86.6 cm³/mol. The standard InChI is InChI=1S/C14H26N2O2S.ClH/c1-14(5-3-2-4-12(14)17)10-16-13(18)8-11-9-19-7-6-15-11;/h11-12,15,17H,2-10H2,1H3,(H,16,18);1H. The van der Waals surface area contributed by atoms with Crippen molar-refractivity contribution in [3.05, 3.63) is 0 Å². The van der Waals surface area contributed by atoms with Crippen molar-refractivity contribution in [1.82, 2.24) is 10.6 Å². The van der Waals surface area contributed by atoms with Gasteiger partial charge in [-0.2, -0.15) is 11.8 Å². The number of amides is 1. The Bertz CT molecular complexity index is 314. The maximum Gasteiger partial charge on any atom is 0.221 e. The van der Waals surface area contributed by atoms with E-state index in [2.05, 4.69) is 17.6 Å². The fourth-order valence-electron chi connectivity index (χ4n) is 2.94. The van der Waals surface area contributed by atoms with E-state index in [0.717, 1.165) is 43.7 Å². The molecule has 20 heavy (non-hydrogen) atoms.